The summed E-state index contributed by atoms with van der Waals surface area (Å²) < 4.78 is 1.57. The third-order valence-corrected chi connectivity index (χ3v) is 4.06. The van der Waals surface area contributed by atoms with Gasteiger partial charge in [0.05, 0.1) is 22.8 Å². The van der Waals surface area contributed by atoms with Crippen LogP contribution in [-0.4, -0.2) is 25.7 Å². The Hall–Kier alpha value is -2.54. The molecule has 0 aromatic carbocycles. The normalized spacial score (nSPS) is 10.6. The molecule has 0 bridgehead atoms. The first-order valence-corrected chi connectivity index (χ1v) is 7.65. The van der Waals surface area contributed by atoms with Crippen LogP contribution in [0.1, 0.15) is 21.9 Å². The minimum Gasteiger partial charge on any atom is -0.345 e. The van der Waals surface area contributed by atoms with Gasteiger partial charge in [-0.05, 0) is 24.4 Å². The van der Waals surface area contributed by atoms with Crippen LogP contribution in [0.25, 0.3) is 10.6 Å². The van der Waals surface area contributed by atoms with E-state index in [2.05, 4.69) is 20.4 Å². The molecule has 3 aromatic heterocycles. The number of carbonyl (C=O) groups is 1. The van der Waals surface area contributed by atoms with Crippen molar-refractivity contribution in [3.05, 3.63) is 53.1 Å². The van der Waals surface area contributed by atoms with E-state index < -0.39 is 0 Å². The second-order valence-electron chi connectivity index (χ2n) is 4.81. The van der Waals surface area contributed by atoms with Crippen molar-refractivity contribution in [2.75, 3.05) is 0 Å². The number of hydrogen-bond donors (Lipinski definition) is 1. The van der Waals surface area contributed by atoms with E-state index in [0.29, 0.717) is 12.2 Å². The number of carbonyl (C=O) groups excluding carboxylic acids is 1. The standard InChI is InChI=1S/C15H15N5OS/c1-10-8-12(20(2)19-10)15(21)18-9-11-14(17-6-5-16-11)13-4-3-7-22-13/h3-8H,9H2,1-2H3,(H,18,21). The summed E-state index contributed by atoms with van der Waals surface area (Å²) >= 11 is 1.60. The molecule has 0 spiro atoms. The number of amides is 1. The van der Waals surface area contributed by atoms with Crippen LogP contribution >= 0.6 is 11.3 Å². The molecule has 3 aromatic rings. The van der Waals surface area contributed by atoms with Gasteiger partial charge in [-0.1, -0.05) is 6.07 Å². The van der Waals surface area contributed by atoms with E-state index in [1.807, 2.05) is 24.4 Å². The highest BCUT2D eigenvalue weighted by Crippen LogP contribution is 2.24. The van der Waals surface area contributed by atoms with Gasteiger partial charge in [-0.25, -0.2) is 0 Å². The average Bonchev–Trinajstić information content (AvgIpc) is 3.15. The minimum absolute atomic E-state index is 0.175. The van der Waals surface area contributed by atoms with E-state index in [0.717, 1.165) is 22.0 Å². The Morgan fingerprint density at radius 3 is 2.86 bits per heavy atom. The van der Waals surface area contributed by atoms with E-state index in [1.54, 1.807) is 41.5 Å². The molecule has 1 amide bonds. The highest BCUT2D eigenvalue weighted by atomic mass is 32.1. The van der Waals surface area contributed by atoms with Gasteiger partial charge < -0.3 is 5.32 Å². The SMILES string of the molecule is Cc1cc(C(=O)NCc2nccnc2-c2cccs2)n(C)n1. The zero-order chi connectivity index (χ0) is 15.5. The molecule has 0 saturated carbocycles. The fourth-order valence-corrected chi connectivity index (χ4v) is 2.94. The monoisotopic (exact) mass is 313 g/mol. The molecule has 0 unspecified atom stereocenters. The molecule has 0 fully saturated rings. The van der Waals surface area contributed by atoms with Crippen LogP contribution in [0.5, 0.6) is 0 Å². The Labute approximate surface area is 131 Å². The molecule has 0 saturated heterocycles. The Kier molecular flexibility index (Phi) is 3.97. The summed E-state index contributed by atoms with van der Waals surface area (Å²) in [6.07, 6.45) is 3.29. The molecule has 7 heteroatoms. The van der Waals surface area contributed by atoms with Crippen LogP contribution in [0.2, 0.25) is 0 Å². The Balaban J connectivity index is 1.77. The number of thiophene rings is 1. The molecule has 0 aliphatic carbocycles. The molecular weight excluding hydrogens is 298 g/mol. The van der Waals surface area contributed by atoms with Crippen LogP contribution in [0.15, 0.2) is 36.0 Å². The van der Waals surface area contributed by atoms with Crippen molar-refractivity contribution in [3.8, 4) is 10.6 Å². The lowest BCUT2D eigenvalue weighted by atomic mass is 10.2. The number of nitrogens with zero attached hydrogens (tertiary/aromatic N) is 4. The molecule has 112 valence electrons. The van der Waals surface area contributed by atoms with Crippen LogP contribution in [-0.2, 0) is 13.6 Å². The van der Waals surface area contributed by atoms with E-state index in [9.17, 15) is 4.79 Å². The van der Waals surface area contributed by atoms with Crippen molar-refractivity contribution in [2.45, 2.75) is 13.5 Å². The van der Waals surface area contributed by atoms with Crippen molar-refractivity contribution >= 4 is 17.2 Å². The molecule has 1 N–H and O–H groups in total. The van der Waals surface area contributed by atoms with Crippen molar-refractivity contribution < 1.29 is 4.79 Å². The maximum absolute atomic E-state index is 12.2. The van der Waals surface area contributed by atoms with Crippen LogP contribution in [0.3, 0.4) is 0 Å². The number of aromatic nitrogens is 4. The Morgan fingerprint density at radius 2 is 2.18 bits per heavy atom. The second kappa shape index (κ2) is 6.07. The number of rotatable bonds is 4. The summed E-state index contributed by atoms with van der Waals surface area (Å²) in [5.74, 6) is -0.175. The summed E-state index contributed by atoms with van der Waals surface area (Å²) in [5, 5.41) is 9.04. The van der Waals surface area contributed by atoms with Gasteiger partial charge in [0, 0.05) is 19.4 Å². The van der Waals surface area contributed by atoms with Crippen molar-refractivity contribution in [2.24, 2.45) is 7.05 Å². The summed E-state index contributed by atoms with van der Waals surface area (Å²) in [5.41, 5.74) is 2.89. The number of nitrogens with one attached hydrogen (secondary N) is 1. The highest BCUT2D eigenvalue weighted by molar-refractivity contribution is 7.13. The topological polar surface area (TPSA) is 72.7 Å². The van der Waals surface area contributed by atoms with Gasteiger partial charge in [0.1, 0.15) is 11.4 Å². The largest absolute Gasteiger partial charge is 0.345 e. The fraction of sp³-hybridized carbons (Fsp3) is 0.200. The minimum atomic E-state index is -0.175. The molecule has 3 heterocycles. The first kappa shape index (κ1) is 14.4. The molecule has 22 heavy (non-hydrogen) atoms. The molecule has 6 nitrogen and oxygen atoms in total. The van der Waals surface area contributed by atoms with E-state index >= 15 is 0 Å². The van der Waals surface area contributed by atoms with Gasteiger partial charge in [0.15, 0.2) is 0 Å². The lowest BCUT2D eigenvalue weighted by Crippen LogP contribution is -2.26. The molecule has 0 aliphatic heterocycles. The van der Waals surface area contributed by atoms with Crippen molar-refractivity contribution in [3.63, 3.8) is 0 Å². The van der Waals surface area contributed by atoms with Crippen molar-refractivity contribution in [1.29, 1.82) is 0 Å². The van der Waals surface area contributed by atoms with Crippen LogP contribution in [0, 0.1) is 6.92 Å². The van der Waals surface area contributed by atoms with Gasteiger partial charge in [-0.3, -0.25) is 19.4 Å². The first-order chi connectivity index (χ1) is 10.6. The Bertz CT molecular complexity index is 794. The Morgan fingerprint density at radius 1 is 1.36 bits per heavy atom. The zero-order valence-electron chi connectivity index (χ0n) is 12.3. The average molecular weight is 313 g/mol. The quantitative estimate of drug-likeness (QED) is 0.801. The van der Waals surface area contributed by atoms with E-state index in [1.165, 1.54) is 0 Å². The first-order valence-electron chi connectivity index (χ1n) is 6.78. The third-order valence-electron chi connectivity index (χ3n) is 3.18. The number of hydrogen-bond acceptors (Lipinski definition) is 5. The van der Waals surface area contributed by atoms with Gasteiger partial charge >= 0.3 is 0 Å². The fourth-order valence-electron chi connectivity index (χ4n) is 2.19. The lowest BCUT2D eigenvalue weighted by Gasteiger charge is -2.07. The summed E-state index contributed by atoms with van der Waals surface area (Å²) in [6.45, 7) is 2.18. The lowest BCUT2D eigenvalue weighted by molar-refractivity contribution is 0.0941. The smallest absolute Gasteiger partial charge is 0.269 e. The molecule has 0 aliphatic rings. The van der Waals surface area contributed by atoms with Gasteiger partial charge in [0.25, 0.3) is 5.91 Å². The van der Waals surface area contributed by atoms with Gasteiger partial charge in [-0.15, -0.1) is 11.3 Å². The molecular formula is C15H15N5OS. The zero-order valence-corrected chi connectivity index (χ0v) is 13.1. The summed E-state index contributed by atoms with van der Waals surface area (Å²) in [4.78, 5) is 22.0. The van der Waals surface area contributed by atoms with Crippen LogP contribution in [0.4, 0.5) is 0 Å². The second-order valence-corrected chi connectivity index (χ2v) is 5.75. The molecule has 3 rings (SSSR count). The molecule has 0 atom stereocenters. The predicted octanol–water partition coefficient (Wildman–Crippen LogP) is 2.18. The van der Waals surface area contributed by atoms with Gasteiger partial charge in [0.2, 0.25) is 0 Å². The van der Waals surface area contributed by atoms with E-state index in [-0.39, 0.29) is 5.91 Å². The predicted molar refractivity (Wildman–Crippen MR) is 84.5 cm³/mol. The third kappa shape index (κ3) is 2.89. The highest BCUT2D eigenvalue weighted by Gasteiger charge is 2.14. The van der Waals surface area contributed by atoms with Gasteiger partial charge in [-0.2, -0.15) is 5.10 Å². The number of aryl methyl sites for hydroxylation is 2. The van der Waals surface area contributed by atoms with E-state index in [4.69, 9.17) is 0 Å². The molecule has 0 radical (unpaired) electrons. The van der Waals surface area contributed by atoms with Crippen LogP contribution < -0.4 is 5.32 Å². The summed E-state index contributed by atoms with van der Waals surface area (Å²) in [6, 6.07) is 5.71. The van der Waals surface area contributed by atoms with Crippen molar-refractivity contribution in [1.82, 2.24) is 25.1 Å². The summed E-state index contributed by atoms with van der Waals surface area (Å²) in [7, 11) is 1.75. The maximum Gasteiger partial charge on any atom is 0.269 e. The maximum atomic E-state index is 12.2.